The van der Waals surface area contributed by atoms with Crippen LogP contribution in [0.25, 0.3) is 11.0 Å². The molecule has 1 aliphatic rings. The zero-order valence-electron chi connectivity index (χ0n) is 11.1. The molecule has 0 aliphatic carbocycles. The molecule has 2 aromatic rings. The maximum absolute atomic E-state index is 11.6. The monoisotopic (exact) mass is 291 g/mol. The molecule has 0 amide bonds. The van der Waals surface area contributed by atoms with Gasteiger partial charge < -0.3 is 9.15 Å². The van der Waals surface area contributed by atoms with Crippen molar-refractivity contribution in [2.24, 2.45) is 0 Å². The van der Waals surface area contributed by atoms with Crippen LogP contribution in [0.5, 0.6) is 5.75 Å². The third-order valence-electron chi connectivity index (χ3n) is 3.40. The molecule has 0 N–H and O–H groups in total. The maximum Gasteiger partial charge on any atom is 0.336 e. The first-order valence-corrected chi connectivity index (χ1v) is 6.70. The van der Waals surface area contributed by atoms with Crippen LogP contribution >= 0.6 is 11.6 Å². The molecule has 4 nitrogen and oxygen atoms in total. The van der Waals surface area contributed by atoms with Crippen LogP contribution in [-0.4, -0.2) is 18.2 Å². The molecule has 20 heavy (non-hydrogen) atoms. The van der Waals surface area contributed by atoms with Crippen molar-refractivity contribution in [1.29, 1.82) is 0 Å². The molecule has 0 radical (unpaired) electrons. The molecule has 5 heteroatoms. The van der Waals surface area contributed by atoms with E-state index in [9.17, 15) is 4.79 Å². The van der Waals surface area contributed by atoms with Crippen LogP contribution in [0.1, 0.15) is 11.1 Å². The van der Waals surface area contributed by atoms with Gasteiger partial charge in [-0.25, -0.2) is 4.79 Å². The van der Waals surface area contributed by atoms with Gasteiger partial charge in [-0.3, -0.25) is 4.90 Å². The fraction of sp³-hybridized carbons (Fsp3) is 0.267. The number of hydrogen-bond donors (Lipinski definition) is 0. The molecule has 0 saturated carbocycles. The van der Waals surface area contributed by atoms with E-state index in [0.29, 0.717) is 36.2 Å². The highest BCUT2D eigenvalue weighted by atomic mass is 35.5. The van der Waals surface area contributed by atoms with Crippen LogP contribution in [0.3, 0.4) is 0 Å². The Morgan fingerprint density at radius 2 is 2.30 bits per heavy atom. The average Bonchev–Trinajstić information content (AvgIpc) is 2.41. The second kappa shape index (κ2) is 4.96. The number of benzene rings is 1. The Hall–Kier alpha value is -1.78. The first-order chi connectivity index (χ1) is 9.60. The fourth-order valence-corrected chi connectivity index (χ4v) is 2.76. The summed E-state index contributed by atoms with van der Waals surface area (Å²) >= 11 is 6.27. The van der Waals surface area contributed by atoms with Gasteiger partial charge >= 0.3 is 5.63 Å². The van der Waals surface area contributed by atoms with E-state index >= 15 is 0 Å². The number of fused-ring (bicyclic) bond motifs is 3. The topological polar surface area (TPSA) is 42.7 Å². The minimum absolute atomic E-state index is 0.361. The molecule has 0 atom stereocenters. The fourth-order valence-electron chi connectivity index (χ4n) is 2.49. The SMILES string of the molecule is C=CCN1COc2c(Cl)cc3c(C)cc(=O)oc3c2C1. The van der Waals surface area contributed by atoms with Crippen molar-refractivity contribution in [3.05, 3.63) is 51.4 Å². The number of hydrogen-bond acceptors (Lipinski definition) is 4. The molecule has 1 aliphatic heterocycles. The Morgan fingerprint density at radius 1 is 1.50 bits per heavy atom. The van der Waals surface area contributed by atoms with Crippen LogP contribution in [0, 0.1) is 6.92 Å². The molecule has 0 bridgehead atoms. The lowest BCUT2D eigenvalue weighted by molar-refractivity contribution is 0.107. The Morgan fingerprint density at radius 3 is 3.05 bits per heavy atom. The molecular formula is C15H14ClNO3. The summed E-state index contributed by atoms with van der Waals surface area (Å²) in [6, 6.07) is 3.26. The van der Waals surface area contributed by atoms with Crippen molar-refractivity contribution in [2.45, 2.75) is 13.5 Å². The van der Waals surface area contributed by atoms with E-state index in [1.807, 2.05) is 17.9 Å². The van der Waals surface area contributed by atoms with Gasteiger partial charge in [-0.05, 0) is 18.6 Å². The summed E-state index contributed by atoms with van der Waals surface area (Å²) in [6.07, 6.45) is 1.81. The first kappa shape index (κ1) is 13.2. The van der Waals surface area contributed by atoms with Crippen molar-refractivity contribution in [3.8, 4) is 5.75 Å². The molecule has 2 heterocycles. The summed E-state index contributed by atoms with van der Waals surface area (Å²) in [7, 11) is 0. The lowest BCUT2D eigenvalue weighted by Gasteiger charge is -2.29. The van der Waals surface area contributed by atoms with Crippen molar-refractivity contribution in [3.63, 3.8) is 0 Å². The van der Waals surface area contributed by atoms with Gasteiger partial charge in [0.1, 0.15) is 18.1 Å². The second-order valence-corrected chi connectivity index (χ2v) is 5.27. The van der Waals surface area contributed by atoms with Crippen LogP contribution in [0.15, 0.2) is 34.0 Å². The lowest BCUT2D eigenvalue weighted by atomic mass is 10.0. The van der Waals surface area contributed by atoms with Crippen molar-refractivity contribution in [1.82, 2.24) is 4.90 Å². The average molecular weight is 292 g/mol. The zero-order chi connectivity index (χ0) is 14.3. The third kappa shape index (κ3) is 2.11. The van der Waals surface area contributed by atoms with Crippen molar-refractivity contribution in [2.75, 3.05) is 13.3 Å². The number of halogens is 1. The van der Waals surface area contributed by atoms with E-state index in [0.717, 1.165) is 16.5 Å². The van der Waals surface area contributed by atoms with E-state index in [1.165, 1.54) is 6.07 Å². The predicted octanol–water partition coefficient (Wildman–Crippen LogP) is 3.09. The van der Waals surface area contributed by atoms with Crippen LogP contribution in [0.4, 0.5) is 0 Å². The number of aryl methyl sites for hydroxylation is 1. The summed E-state index contributed by atoms with van der Waals surface area (Å²) in [5, 5.41) is 1.39. The van der Waals surface area contributed by atoms with Crippen LogP contribution in [0.2, 0.25) is 5.02 Å². The van der Waals surface area contributed by atoms with E-state index in [1.54, 1.807) is 6.07 Å². The molecule has 1 aromatic heterocycles. The molecule has 1 aromatic carbocycles. The number of rotatable bonds is 2. The van der Waals surface area contributed by atoms with Crippen LogP contribution in [-0.2, 0) is 6.54 Å². The quantitative estimate of drug-likeness (QED) is 0.630. The summed E-state index contributed by atoms with van der Waals surface area (Å²) < 4.78 is 11.1. The van der Waals surface area contributed by atoms with Gasteiger partial charge in [0.25, 0.3) is 0 Å². The minimum atomic E-state index is -0.361. The number of ether oxygens (including phenoxy) is 1. The van der Waals surface area contributed by atoms with Gasteiger partial charge in [0, 0.05) is 24.5 Å². The highest BCUT2D eigenvalue weighted by Crippen LogP contribution is 2.38. The summed E-state index contributed by atoms with van der Waals surface area (Å²) in [5.41, 5.74) is 1.87. The van der Waals surface area contributed by atoms with E-state index in [2.05, 4.69) is 6.58 Å². The molecular weight excluding hydrogens is 278 g/mol. The third-order valence-corrected chi connectivity index (χ3v) is 3.68. The van der Waals surface area contributed by atoms with Gasteiger partial charge in [-0.2, -0.15) is 0 Å². The normalized spacial score (nSPS) is 14.9. The molecule has 0 unspecified atom stereocenters. The Bertz CT molecular complexity index is 751. The summed E-state index contributed by atoms with van der Waals surface area (Å²) in [5.74, 6) is 0.605. The van der Waals surface area contributed by atoms with Gasteiger partial charge in [-0.1, -0.05) is 17.7 Å². The molecule has 0 spiro atoms. The van der Waals surface area contributed by atoms with Crippen LogP contribution < -0.4 is 10.4 Å². The molecule has 104 valence electrons. The van der Waals surface area contributed by atoms with Crippen molar-refractivity contribution >= 4 is 22.6 Å². The van der Waals surface area contributed by atoms with E-state index in [-0.39, 0.29) is 5.63 Å². The smallest absolute Gasteiger partial charge is 0.336 e. The maximum atomic E-state index is 11.6. The standard InChI is InChI=1S/C15H14ClNO3/c1-3-4-17-7-11-14-10(9(2)5-13(18)20-14)6-12(16)15(11)19-8-17/h3,5-6H,1,4,7-8H2,2H3. The Balaban J connectivity index is 2.26. The lowest BCUT2D eigenvalue weighted by Crippen LogP contribution is -2.32. The predicted molar refractivity (Wildman–Crippen MR) is 78.3 cm³/mol. The van der Waals surface area contributed by atoms with Crippen molar-refractivity contribution < 1.29 is 9.15 Å². The number of nitrogens with zero attached hydrogens (tertiary/aromatic N) is 1. The molecule has 0 fully saturated rings. The molecule has 0 saturated heterocycles. The molecule has 3 rings (SSSR count). The Labute approximate surface area is 121 Å². The Kier molecular flexibility index (Phi) is 3.28. The first-order valence-electron chi connectivity index (χ1n) is 6.32. The minimum Gasteiger partial charge on any atom is -0.476 e. The summed E-state index contributed by atoms with van der Waals surface area (Å²) in [4.78, 5) is 13.7. The highest BCUT2D eigenvalue weighted by Gasteiger charge is 2.24. The van der Waals surface area contributed by atoms with E-state index in [4.69, 9.17) is 20.8 Å². The van der Waals surface area contributed by atoms with Gasteiger partial charge in [-0.15, -0.1) is 6.58 Å². The second-order valence-electron chi connectivity index (χ2n) is 4.86. The largest absolute Gasteiger partial charge is 0.476 e. The van der Waals surface area contributed by atoms with Gasteiger partial charge in [0.15, 0.2) is 0 Å². The highest BCUT2D eigenvalue weighted by molar-refractivity contribution is 6.33. The van der Waals surface area contributed by atoms with Gasteiger partial charge in [0.2, 0.25) is 0 Å². The van der Waals surface area contributed by atoms with Gasteiger partial charge in [0.05, 0.1) is 10.6 Å². The van der Waals surface area contributed by atoms with E-state index < -0.39 is 0 Å². The zero-order valence-corrected chi connectivity index (χ0v) is 11.9. The summed E-state index contributed by atoms with van der Waals surface area (Å²) in [6.45, 7) is 7.35.